The van der Waals surface area contributed by atoms with Crippen molar-refractivity contribution in [1.29, 1.82) is 0 Å². The standard InChI is InChI=1S/C22H32N4O4/c1-5-23-22(25-12-6-11-24-21(27)20-16(2)10-14-30-20)26-13-9-17-7-8-18(28-3)19(15-17)29-4/h7-8,10,14-15H,5-6,9,11-13H2,1-4H3,(H,24,27)(H2,23,25,26). The SMILES string of the molecule is CCNC(=NCCCNC(=O)c1occc1C)NCCc1ccc(OC)c(OC)c1. The molecule has 30 heavy (non-hydrogen) atoms. The molecule has 2 aromatic rings. The molecule has 8 nitrogen and oxygen atoms in total. The normalized spacial score (nSPS) is 11.1. The first-order valence-corrected chi connectivity index (χ1v) is 10.1. The predicted molar refractivity (Wildman–Crippen MR) is 118 cm³/mol. The van der Waals surface area contributed by atoms with Crippen molar-refractivity contribution in [1.82, 2.24) is 16.0 Å². The van der Waals surface area contributed by atoms with Crippen LogP contribution in [0.15, 0.2) is 39.9 Å². The summed E-state index contributed by atoms with van der Waals surface area (Å²) in [7, 11) is 3.26. The predicted octanol–water partition coefficient (Wildman–Crippen LogP) is 2.52. The molecule has 8 heteroatoms. The summed E-state index contributed by atoms with van der Waals surface area (Å²) in [5, 5.41) is 9.41. The first kappa shape index (κ1) is 23.1. The van der Waals surface area contributed by atoms with Crippen LogP contribution < -0.4 is 25.4 Å². The van der Waals surface area contributed by atoms with Crippen LogP contribution in [0.3, 0.4) is 0 Å². The Bertz CT molecular complexity index is 832. The van der Waals surface area contributed by atoms with Crippen LogP contribution in [0.25, 0.3) is 0 Å². The van der Waals surface area contributed by atoms with Gasteiger partial charge in [0.15, 0.2) is 23.2 Å². The van der Waals surface area contributed by atoms with Crippen molar-refractivity contribution in [2.75, 3.05) is 40.4 Å². The molecule has 0 aliphatic rings. The number of ether oxygens (including phenoxy) is 2. The van der Waals surface area contributed by atoms with Gasteiger partial charge in [-0.1, -0.05) is 6.07 Å². The van der Waals surface area contributed by atoms with Crippen LogP contribution in [-0.2, 0) is 6.42 Å². The molecule has 0 aliphatic heterocycles. The first-order valence-electron chi connectivity index (χ1n) is 10.1. The molecule has 1 aromatic heterocycles. The second kappa shape index (κ2) is 12.4. The Morgan fingerprint density at radius 1 is 1.07 bits per heavy atom. The van der Waals surface area contributed by atoms with Gasteiger partial charge in [0.1, 0.15) is 0 Å². The number of furan rings is 1. The van der Waals surface area contributed by atoms with E-state index in [-0.39, 0.29) is 5.91 Å². The zero-order valence-electron chi connectivity index (χ0n) is 18.2. The van der Waals surface area contributed by atoms with Gasteiger partial charge in [-0.25, -0.2) is 0 Å². The van der Waals surface area contributed by atoms with Gasteiger partial charge in [0.25, 0.3) is 5.91 Å². The topological polar surface area (TPSA) is 97.1 Å². The van der Waals surface area contributed by atoms with Crippen LogP contribution in [0.4, 0.5) is 0 Å². The summed E-state index contributed by atoms with van der Waals surface area (Å²) in [5.74, 6) is 2.37. The number of nitrogens with one attached hydrogen (secondary N) is 3. The lowest BCUT2D eigenvalue weighted by atomic mass is 10.1. The largest absolute Gasteiger partial charge is 0.493 e. The minimum absolute atomic E-state index is 0.193. The first-order chi connectivity index (χ1) is 14.6. The van der Waals surface area contributed by atoms with Gasteiger partial charge in [-0.15, -0.1) is 0 Å². The number of aliphatic imine (C=N–C) groups is 1. The molecule has 0 saturated heterocycles. The molecule has 0 fully saturated rings. The van der Waals surface area contributed by atoms with Gasteiger partial charge in [-0.3, -0.25) is 9.79 Å². The Kier molecular flexibility index (Phi) is 9.57. The Hall–Kier alpha value is -3.16. The van der Waals surface area contributed by atoms with Gasteiger partial charge in [0.2, 0.25) is 0 Å². The van der Waals surface area contributed by atoms with Crippen LogP contribution in [-0.4, -0.2) is 52.3 Å². The second-order valence-corrected chi connectivity index (χ2v) is 6.67. The van der Waals surface area contributed by atoms with Gasteiger partial charge >= 0.3 is 0 Å². The fourth-order valence-electron chi connectivity index (χ4n) is 2.86. The molecule has 164 valence electrons. The molecular weight excluding hydrogens is 384 g/mol. The Morgan fingerprint density at radius 3 is 2.53 bits per heavy atom. The van der Waals surface area contributed by atoms with E-state index in [2.05, 4.69) is 20.9 Å². The lowest BCUT2D eigenvalue weighted by molar-refractivity contribution is 0.0925. The van der Waals surface area contributed by atoms with Crippen molar-refractivity contribution in [3.63, 3.8) is 0 Å². The molecule has 0 radical (unpaired) electrons. The molecule has 2 rings (SSSR count). The van der Waals surface area contributed by atoms with Gasteiger partial charge in [-0.05, 0) is 50.5 Å². The maximum atomic E-state index is 12.0. The number of benzene rings is 1. The number of rotatable bonds is 11. The van der Waals surface area contributed by atoms with E-state index in [0.29, 0.717) is 18.8 Å². The van der Waals surface area contributed by atoms with Crippen LogP contribution in [0, 0.1) is 6.92 Å². The molecular formula is C22H32N4O4. The minimum Gasteiger partial charge on any atom is -0.493 e. The summed E-state index contributed by atoms with van der Waals surface area (Å²) in [6, 6.07) is 7.69. The highest BCUT2D eigenvalue weighted by Gasteiger charge is 2.11. The maximum absolute atomic E-state index is 12.0. The van der Waals surface area contributed by atoms with Gasteiger partial charge in [0.05, 0.1) is 20.5 Å². The van der Waals surface area contributed by atoms with E-state index in [1.807, 2.05) is 32.0 Å². The summed E-state index contributed by atoms with van der Waals surface area (Å²) in [6.45, 7) is 6.51. The van der Waals surface area contributed by atoms with E-state index >= 15 is 0 Å². The van der Waals surface area contributed by atoms with Gasteiger partial charge < -0.3 is 29.8 Å². The summed E-state index contributed by atoms with van der Waals surface area (Å²) < 4.78 is 15.8. The quantitative estimate of drug-likeness (QED) is 0.296. The maximum Gasteiger partial charge on any atom is 0.287 e. The van der Waals surface area contributed by atoms with Crippen molar-refractivity contribution < 1.29 is 18.7 Å². The Balaban J connectivity index is 1.75. The summed E-state index contributed by atoms with van der Waals surface area (Å²) in [5.41, 5.74) is 1.98. The smallest absolute Gasteiger partial charge is 0.287 e. The summed E-state index contributed by atoms with van der Waals surface area (Å²) in [4.78, 5) is 16.6. The average molecular weight is 417 g/mol. The van der Waals surface area contributed by atoms with E-state index in [1.54, 1.807) is 20.3 Å². The number of aryl methyl sites for hydroxylation is 1. The van der Waals surface area contributed by atoms with Crippen LogP contribution in [0.1, 0.15) is 35.0 Å². The highest BCUT2D eigenvalue weighted by Crippen LogP contribution is 2.27. The van der Waals surface area contributed by atoms with Crippen molar-refractivity contribution in [2.24, 2.45) is 4.99 Å². The highest BCUT2D eigenvalue weighted by atomic mass is 16.5. The molecule has 0 bridgehead atoms. The second-order valence-electron chi connectivity index (χ2n) is 6.67. The Morgan fingerprint density at radius 2 is 1.87 bits per heavy atom. The fraction of sp³-hybridized carbons (Fsp3) is 0.455. The van der Waals surface area contributed by atoms with Crippen molar-refractivity contribution in [2.45, 2.75) is 26.7 Å². The third kappa shape index (κ3) is 7.02. The zero-order chi connectivity index (χ0) is 21.8. The number of carbonyl (C=O) groups excluding carboxylic acids is 1. The number of carbonyl (C=O) groups is 1. The number of guanidine groups is 1. The molecule has 0 spiro atoms. The monoisotopic (exact) mass is 416 g/mol. The fourth-order valence-corrected chi connectivity index (χ4v) is 2.86. The van der Waals surface area contributed by atoms with Crippen molar-refractivity contribution in [3.8, 4) is 11.5 Å². The molecule has 0 unspecified atom stereocenters. The van der Waals surface area contributed by atoms with E-state index in [4.69, 9.17) is 13.9 Å². The third-order valence-corrected chi connectivity index (χ3v) is 4.46. The summed E-state index contributed by atoms with van der Waals surface area (Å²) in [6.07, 6.45) is 3.08. The molecule has 1 heterocycles. The number of hydrogen-bond acceptors (Lipinski definition) is 5. The molecule has 1 aromatic carbocycles. The Labute approximate surface area is 178 Å². The van der Waals surface area contributed by atoms with E-state index in [0.717, 1.165) is 54.5 Å². The molecule has 0 atom stereocenters. The van der Waals surface area contributed by atoms with Gasteiger partial charge in [0, 0.05) is 31.7 Å². The van der Waals surface area contributed by atoms with E-state index < -0.39 is 0 Å². The number of hydrogen-bond donors (Lipinski definition) is 3. The van der Waals surface area contributed by atoms with Crippen molar-refractivity contribution >= 4 is 11.9 Å². The molecule has 0 aliphatic carbocycles. The van der Waals surface area contributed by atoms with Crippen LogP contribution in [0.2, 0.25) is 0 Å². The number of methoxy groups -OCH3 is 2. The lowest BCUT2D eigenvalue weighted by Gasteiger charge is -2.13. The third-order valence-electron chi connectivity index (χ3n) is 4.46. The minimum atomic E-state index is -0.193. The highest BCUT2D eigenvalue weighted by molar-refractivity contribution is 5.92. The van der Waals surface area contributed by atoms with Crippen LogP contribution >= 0.6 is 0 Å². The lowest BCUT2D eigenvalue weighted by Crippen LogP contribution is -2.38. The van der Waals surface area contributed by atoms with Crippen molar-refractivity contribution in [3.05, 3.63) is 47.4 Å². The van der Waals surface area contributed by atoms with Gasteiger partial charge in [-0.2, -0.15) is 0 Å². The molecule has 0 saturated carbocycles. The average Bonchev–Trinajstić information content (AvgIpc) is 3.19. The van der Waals surface area contributed by atoms with E-state index in [1.165, 1.54) is 6.26 Å². The number of amides is 1. The summed E-state index contributed by atoms with van der Waals surface area (Å²) >= 11 is 0. The number of nitrogens with zero attached hydrogens (tertiary/aromatic N) is 1. The van der Waals surface area contributed by atoms with E-state index in [9.17, 15) is 4.79 Å². The molecule has 1 amide bonds. The van der Waals surface area contributed by atoms with Crippen LogP contribution in [0.5, 0.6) is 11.5 Å². The molecule has 3 N–H and O–H groups in total. The zero-order valence-corrected chi connectivity index (χ0v) is 18.2.